The van der Waals surface area contributed by atoms with Crippen LogP contribution in [0.1, 0.15) is 5.69 Å². The zero-order valence-corrected chi connectivity index (χ0v) is 8.41. The lowest BCUT2D eigenvalue weighted by Crippen LogP contribution is -2.12. The van der Waals surface area contributed by atoms with E-state index in [0.29, 0.717) is 24.6 Å². The number of rotatable bonds is 4. The van der Waals surface area contributed by atoms with Gasteiger partial charge in [0.15, 0.2) is 5.69 Å². The normalized spacial score (nSPS) is 9.69. The minimum atomic E-state index is 0.307. The summed E-state index contributed by atoms with van der Waals surface area (Å²) in [4.78, 5) is 7.92. The van der Waals surface area contributed by atoms with Crippen LogP contribution in [-0.4, -0.2) is 31.5 Å². The van der Waals surface area contributed by atoms with Crippen LogP contribution in [0.15, 0.2) is 24.8 Å². The highest BCUT2D eigenvalue weighted by atomic mass is 15.4. The third-order valence-electron chi connectivity index (χ3n) is 1.89. The van der Waals surface area contributed by atoms with E-state index in [1.54, 1.807) is 17.1 Å². The van der Waals surface area contributed by atoms with E-state index in [-0.39, 0.29) is 0 Å². The Labute approximate surface area is 91.8 Å². The lowest BCUT2D eigenvalue weighted by atomic mass is 10.5. The van der Waals surface area contributed by atoms with Crippen LogP contribution in [0.25, 0.3) is 0 Å². The number of aromatic nitrogens is 5. The molecular formula is C9H9N7. The summed E-state index contributed by atoms with van der Waals surface area (Å²) in [7, 11) is 0. The van der Waals surface area contributed by atoms with Gasteiger partial charge in [0.05, 0.1) is 25.1 Å². The average molecular weight is 215 g/mol. The number of anilines is 1. The molecule has 0 fully saturated rings. The third kappa shape index (κ3) is 2.51. The van der Waals surface area contributed by atoms with Gasteiger partial charge in [-0.05, 0) is 0 Å². The van der Waals surface area contributed by atoms with Crippen LogP contribution in [0.4, 0.5) is 5.82 Å². The van der Waals surface area contributed by atoms with E-state index in [4.69, 9.17) is 5.26 Å². The van der Waals surface area contributed by atoms with E-state index in [0.717, 1.165) is 0 Å². The molecule has 0 atom stereocenters. The Bertz CT molecular complexity index is 468. The minimum Gasteiger partial charge on any atom is -0.367 e. The molecule has 0 aliphatic heterocycles. The molecule has 80 valence electrons. The first kappa shape index (κ1) is 10.0. The predicted molar refractivity (Wildman–Crippen MR) is 55.3 cm³/mol. The Balaban J connectivity index is 1.83. The molecule has 0 aromatic carbocycles. The van der Waals surface area contributed by atoms with Crippen LogP contribution in [0.2, 0.25) is 0 Å². The number of hydrogen-bond donors (Lipinski definition) is 1. The van der Waals surface area contributed by atoms with Crippen molar-refractivity contribution >= 4 is 5.82 Å². The molecule has 2 rings (SSSR count). The summed E-state index contributed by atoms with van der Waals surface area (Å²) < 4.78 is 1.71. The molecule has 0 saturated carbocycles. The molecule has 7 nitrogen and oxygen atoms in total. The van der Waals surface area contributed by atoms with Crippen molar-refractivity contribution in [2.45, 2.75) is 6.54 Å². The first-order chi connectivity index (χ1) is 7.88. The molecule has 2 aromatic rings. The van der Waals surface area contributed by atoms with Gasteiger partial charge in [-0.25, -0.2) is 9.97 Å². The fourth-order valence-corrected chi connectivity index (χ4v) is 1.13. The Morgan fingerprint density at radius 3 is 2.94 bits per heavy atom. The second-order valence-corrected chi connectivity index (χ2v) is 2.99. The molecule has 0 amide bonds. The highest BCUT2D eigenvalue weighted by Gasteiger charge is 1.96. The van der Waals surface area contributed by atoms with Gasteiger partial charge in [-0.3, -0.25) is 4.68 Å². The fourth-order valence-electron chi connectivity index (χ4n) is 1.13. The summed E-state index contributed by atoms with van der Waals surface area (Å²) >= 11 is 0. The fraction of sp³-hybridized carbons (Fsp3) is 0.222. The van der Waals surface area contributed by atoms with Gasteiger partial charge in [0.2, 0.25) is 0 Å². The maximum atomic E-state index is 8.54. The van der Waals surface area contributed by atoms with Crippen molar-refractivity contribution in [1.82, 2.24) is 25.0 Å². The minimum absolute atomic E-state index is 0.307. The largest absolute Gasteiger partial charge is 0.367 e. The SMILES string of the molecule is N#Cc1cnc(NCCn2ccnn2)cn1. The Hall–Kier alpha value is -2.49. The second-order valence-electron chi connectivity index (χ2n) is 2.99. The van der Waals surface area contributed by atoms with E-state index < -0.39 is 0 Å². The number of nitriles is 1. The van der Waals surface area contributed by atoms with E-state index in [9.17, 15) is 0 Å². The molecule has 2 aromatic heterocycles. The van der Waals surface area contributed by atoms with E-state index in [2.05, 4.69) is 25.6 Å². The smallest absolute Gasteiger partial charge is 0.158 e. The zero-order valence-electron chi connectivity index (χ0n) is 8.41. The van der Waals surface area contributed by atoms with Crippen LogP contribution in [-0.2, 0) is 6.54 Å². The number of nitrogens with one attached hydrogen (secondary N) is 1. The Morgan fingerprint density at radius 2 is 2.31 bits per heavy atom. The highest BCUT2D eigenvalue weighted by molar-refractivity contribution is 5.32. The van der Waals surface area contributed by atoms with Gasteiger partial charge in [0, 0.05) is 12.7 Å². The lowest BCUT2D eigenvalue weighted by Gasteiger charge is -2.04. The first-order valence-corrected chi connectivity index (χ1v) is 4.68. The summed E-state index contributed by atoms with van der Waals surface area (Å²) in [6.07, 6.45) is 6.37. The molecule has 0 bridgehead atoms. The van der Waals surface area contributed by atoms with Gasteiger partial charge in [0.25, 0.3) is 0 Å². The summed E-state index contributed by atoms with van der Waals surface area (Å²) in [5.41, 5.74) is 0.307. The zero-order chi connectivity index (χ0) is 11.2. The second kappa shape index (κ2) is 4.84. The molecule has 0 saturated heterocycles. The molecule has 0 aliphatic carbocycles. The Kier molecular flexibility index (Phi) is 3.04. The molecule has 0 spiro atoms. The van der Waals surface area contributed by atoms with Crippen molar-refractivity contribution < 1.29 is 0 Å². The summed E-state index contributed by atoms with van der Waals surface area (Å²) in [5.74, 6) is 0.638. The number of nitrogens with zero attached hydrogens (tertiary/aromatic N) is 6. The number of hydrogen-bond acceptors (Lipinski definition) is 6. The van der Waals surface area contributed by atoms with Crippen LogP contribution in [0.5, 0.6) is 0 Å². The summed E-state index contributed by atoms with van der Waals surface area (Å²) in [6, 6.07) is 1.91. The van der Waals surface area contributed by atoms with Crippen molar-refractivity contribution in [3.05, 3.63) is 30.5 Å². The molecule has 2 heterocycles. The first-order valence-electron chi connectivity index (χ1n) is 4.68. The van der Waals surface area contributed by atoms with E-state index in [1.807, 2.05) is 6.07 Å². The molecule has 0 aliphatic rings. The molecule has 7 heteroatoms. The van der Waals surface area contributed by atoms with Crippen molar-refractivity contribution in [3.63, 3.8) is 0 Å². The molecule has 1 N–H and O–H groups in total. The highest BCUT2D eigenvalue weighted by Crippen LogP contribution is 1.99. The maximum Gasteiger partial charge on any atom is 0.158 e. The van der Waals surface area contributed by atoms with Gasteiger partial charge < -0.3 is 5.32 Å². The van der Waals surface area contributed by atoms with Gasteiger partial charge in [-0.2, -0.15) is 5.26 Å². The average Bonchev–Trinajstić information content (AvgIpc) is 2.83. The monoisotopic (exact) mass is 215 g/mol. The van der Waals surface area contributed by atoms with Gasteiger partial charge in [-0.1, -0.05) is 5.21 Å². The van der Waals surface area contributed by atoms with Crippen LogP contribution >= 0.6 is 0 Å². The lowest BCUT2D eigenvalue weighted by molar-refractivity contribution is 0.608. The van der Waals surface area contributed by atoms with Crippen molar-refractivity contribution in [2.24, 2.45) is 0 Å². The van der Waals surface area contributed by atoms with Crippen LogP contribution < -0.4 is 5.32 Å². The van der Waals surface area contributed by atoms with E-state index in [1.165, 1.54) is 12.4 Å². The maximum absolute atomic E-state index is 8.54. The topological polar surface area (TPSA) is 92.3 Å². The molecule has 0 radical (unpaired) electrons. The summed E-state index contributed by atoms with van der Waals surface area (Å²) in [6.45, 7) is 1.37. The van der Waals surface area contributed by atoms with Gasteiger partial charge in [0.1, 0.15) is 11.9 Å². The molecular weight excluding hydrogens is 206 g/mol. The summed E-state index contributed by atoms with van der Waals surface area (Å²) in [5, 5.41) is 19.1. The van der Waals surface area contributed by atoms with Gasteiger partial charge >= 0.3 is 0 Å². The standard InChI is InChI=1S/C9H9N7/c10-5-8-6-13-9(7-12-8)11-1-3-16-4-2-14-15-16/h2,4,6-7H,1,3H2,(H,11,13). The van der Waals surface area contributed by atoms with Crippen molar-refractivity contribution in [2.75, 3.05) is 11.9 Å². The van der Waals surface area contributed by atoms with E-state index >= 15 is 0 Å². The van der Waals surface area contributed by atoms with Crippen molar-refractivity contribution in [1.29, 1.82) is 5.26 Å². The molecule has 16 heavy (non-hydrogen) atoms. The van der Waals surface area contributed by atoms with Crippen molar-refractivity contribution in [3.8, 4) is 6.07 Å². The van der Waals surface area contributed by atoms with Crippen LogP contribution in [0, 0.1) is 11.3 Å². The Morgan fingerprint density at radius 1 is 1.38 bits per heavy atom. The third-order valence-corrected chi connectivity index (χ3v) is 1.89. The van der Waals surface area contributed by atoms with Gasteiger partial charge in [-0.15, -0.1) is 5.10 Å². The quantitative estimate of drug-likeness (QED) is 0.774. The molecule has 0 unspecified atom stereocenters. The van der Waals surface area contributed by atoms with Crippen LogP contribution in [0.3, 0.4) is 0 Å². The predicted octanol–water partition coefficient (Wildman–Crippen LogP) is 0.0519.